The number of hydrogen-bond acceptors (Lipinski definition) is 10. The zero-order valence-electron chi connectivity index (χ0n) is 24.1. The number of nitrogens with zero attached hydrogens (tertiary/aromatic N) is 5. The second-order valence-electron chi connectivity index (χ2n) is 10.4. The summed E-state index contributed by atoms with van der Waals surface area (Å²) in [5.74, 6) is -0.954. The molecule has 15 heteroatoms. The number of ether oxygens (including phenoxy) is 1. The number of piperazine rings is 1. The number of methoxy groups -OCH3 is 1. The standard InChI is InChI=1S/C28H33F3N6O4S2/c1-4-18-15-19(37-9-7-36(8-10-37)11-13-41-3)5-6-21(18)33-27-32-17-20(28(29,30)31)24(34-27)22-16-23-25(42-22)26(38)35(2)12-14-43(23,39)40/h5-6,15-17H,4,7-14H2,1-3H3,(H,32,33,34). The molecule has 0 saturated carbocycles. The fourth-order valence-electron chi connectivity index (χ4n) is 5.11. The van der Waals surface area contributed by atoms with Gasteiger partial charge in [0.1, 0.15) is 10.4 Å². The van der Waals surface area contributed by atoms with Crippen LogP contribution in [0.3, 0.4) is 0 Å². The Bertz CT molecular complexity index is 1600. The fraction of sp³-hybridized carbons (Fsp3) is 0.464. The first kappa shape index (κ1) is 31.2. The number of amides is 1. The zero-order valence-corrected chi connectivity index (χ0v) is 25.7. The van der Waals surface area contributed by atoms with Crippen molar-refractivity contribution in [3.05, 3.63) is 46.5 Å². The lowest BCUT2D eigenvalue weighted by Gasteiger charge is -2.36. The number of fused-ring (bicyclic) bond motifs is 1. The van der Waals surface area contributed by atoms with Crippen molar-refractivity contribution in [2.45, 2.75) is 24.4 Å². The lowest BCUT2D eigenvalue weighted by Crippen LogP contribution is -2.47. The Morgan fingerprint density at radius 1 is 1.12 bits per heavy atom. The molecule has 0 atom stereocenters. The number of halogens is 3. The van der Waals surface area contributed by atoms with Gasteiger partial charge in [-0.3, -0.25) is 9.69 Å². The van der Waals surface area contributed by atoms with Gasteiger partial charge in [0, 0.05) is 71.0 Å². The molecule has 0 bridgehead atoms. The Kier molecular flexibility index (Phi) is 8.97. The normalized spacial score (nSPS) is 17.6. The fourth-order valence-corrected chi connectivity index (χ4v) is 8.15. The van der Waals surface area contributed by atoms with E-state index in [1.807, 2.05) is 19.1 Å². The van der Waals surface area contributed by atoms with Crippen LogP contribution in [-0.4, -0.2) is 99.9 Å². The van der Waals surface area contributed by atoms with E-state index in [0.717, 1.165) is 50.0 Å². The van der Waals surface area contributed by atoms with Gasteiger partial charge in [0.2, 0.25) is 5.95 Å². The molecule has 0 radical (unpaired) electrons. The van der Waals surface area contributed by atoms with Crippen molar-refractivity contribution >= 4 is 44.4 Å². The highest BCUT2D eigenvalue weighted by Crippen LogP contribution is 2.42. The molecule has 0 aliphatic carbocycles. The van der Waals surface area contributed by atoms with Crippen LogP contribution < -0.4 is 10.2 Å². The van der Waals surface area contributed by atoms with Crippen LogP contribution in [0.1, 0.15) is 27.7 Å². The first-order valence-corrected chi connectivity index (χ1v) is 16.3. The molecule has 4 heterocycles. The maximum Gasteiger partial charge on any atom is 0.420 e. The molecule has 2 aliphatic heterocycles. The minimum Gasteiger partial charge on any atom is -0.383 e. The molecule has 0 spiro atoms. The number of anilines is 3. The smallest absolute Gasteiger partial charge is 0.383 e. The first-order chi connectivity index (χ1) is 20.4. The molecule has 1 fully saturated rings. The molecule has 1 aromatic carbocycles. The summed E-state index contributed by atoms with van der Waals surface area (Å²) in [6.45, 7) is 7.13. The molecule has 2 aliphatic rings. The number of carbonyl (C=O) groups is 1. The highest BCUT2D eigenvalue weighted by molar-refractivity contribution is 7.91. The van der Waals surface area contributed by atoms with Crippen LogP contribution in [0, 0.1) is 0 Å². The lowest BCUT2D eigenvalue weighted by atomic mass is 10.1. The second-order valence-corrected chi connectivity index (χ2v) is 13.6. The van der Waals surface area contributed by atoms with Crippen molar-refractivity contribution in [3.63, 3.8) is 0 Å². The molecule has 232 valence electrons. The van der Waals surface area contributed by atoms with Gasteiger partial charge >= 0.3 is 6.18 Å². The van der Waals surface area contributed by atoms with Crippen LogP contribution in [0.25, 0.3) is 10.6 Å². The van der Waals surface area contributed by atoms with E-state index >= 15 is 0 Å². The van der Waals surface area contributed by atoms with Crippen LogP contribution in [0.5, 0.6) is 0 Å². The van der Waals surface area contributed by atoms with Gasteiger partial charge in [-0.2, -0.15) is 13.2 Å². The minimum absolute atomic E-state index is 0.00355. The average Bonchev–Trinajstić information content (AvgIpc) is 3.42. The summed E-state index contributed by atoms with van der Waals surface area (Å²) in [7, 11) is -0.722. The lowest BCUT2D eigenvalue weighted by molar-refractivity contribution is -0.137. The number of aromatic nitrogens is 2. The Labute approximate surface area is 252 Å². The van der Waals surface area contributed by atoms with Crippen LogP contribution >= 0.6 is 11.3 Å². The van der Waals surface area contributed by atoms with Gasteiger partial charge in [-0.15, -0.1) is 11.3 Å². The average molecular weight is 639 g/mol. The highest BCUT2D eigenvalue weighted by atomic mass is 32.2. The summed E-state index contributed by atoms with van der Waals surface area (Å²) >= 11 is 0.687. The summed E-state index contributed by atoms with van der Waals surface area (Å²) < 4.78 is 73.0. The Balaban J connectivity index is 1.45. The molecule has 3 aromatic rings. The molecule has 2 aromatic heterocycles. The Hall–Kier alpha value is -3.27. The Morgan fingerprint density at radius 3 is 2.53 bits per heavy atom. The van der Waals surface area contributed by atoms with Gasteiger partial charge in [-0.1, -0.05) is 6.92 Å². The Morgan fingerprint density at radius 2 is 1.86 bits per heavy atom. The van der Waals surface area contributed by atoms with Gasteiger partial charge < -0.3 is 19.9 Å². The number of aryl methyl sites for hydroxylation is 1. The molecule has 43 heavy (non-hydrogen) atoms. The van der Waals surface area contributed by atoms with Crippen molar-refractivity contribution in [2.75, 3.05) is 76.0 Å². The number of carbonyl (C=O) groups excluding carboxylic acids is 1. The van der Waals surface area contributed by atoms with Gasteiger partial charge in [-0.25, -0.2) is 18.4 Å². The third kappa shape index (κ3) is 6.64. The van der Waals surface area contributed by atoms with Crippen molar-refractivity contribution in [2.24, 2.45) is 0 Å². The van der Waals surface area contributed by atoms with Crippen molar-refractivity contribution in [1.82, 2.24) is 19.8 Å². The van der Waals surface area contributed by atoms with Gasteiger partial charge in [0.05, 0.1) is 27.8 Å². The largest absolute Gasteiger partial charge is 0.420 e. The molecular weight excluding hydrogens is 605 g/mol. The van der Waals surface area contributed by atoms with Crippen molar-refractivity contribution in [3.8, 4) is 10.6 Å². The second kappa shape index (κ2) is 12.4. The van der Waals surface area contributed by atoms with E-state index in [1.54, 1.807) is 7.11 Å². The van der Waals surface area contributed by atoms with E-state index in [9.17, 15) is 26.4 Å². The highest BCUT2D eigenvalue weighted by Gasteiger charge is 2.38. The number of sulfone groups is 1. The maximum absolute atomic E-state index is 14.1. The molecule has 10 nitrogen and oxygen atoms in total. The van der Waals surface area contributed by atoms with E-state index in [2.05, 4.69) is 31.2 Å². The monoisotopic (exact) mass is 638 g/mol. The predicted molar refractivity (Wildman–Crippen MR) is 159 cm³/mol. The van der Waals surface area contributed by atoms with Crippen molar-refractivity contribution in [1.29, 1.82) is 0 Å². The number of alkyl halides is 3. The number of nitrogens with one attached hydrogen (secondary N) is 1. The van der Waals surface area contributed by atoms with Crippen LogP contribution in [0.4, 0.5) is 30.5 Å². The molecule has 1 amide bonds. The number of hydrogen-bond donors (Lipinski definition) is 1. The van der Waals surface area contributed by atoms with Gasteiger partial charge in [-0.05, 0) is 36.2 Å². The molecular formula is C28H33F3N6O4S2. The minimum atomic E-state index is -4.81. The van der Waals surface area contributed by atoms with Gasteiger partial charge in [0.15, 0.2) is 9.84 Å². The van der Waals surface area contributed by atoms with E-state index < -0.39 is 33.2 Å². The number of thiophene rings is 1. The predicted octanol–water partition coefficient (Wildman–Crippen LogP) is 4.16. The van der Waals surface area contributed by atoms with E-state index in [1.165, 1.54) is 11.9 Å². The summed E-state index contributed by atoms with van der Waals surface area (Å²) in [5, 5.41) is 3.06. The molecule has 1 N–H and O–H groups in total. The van der Waals surface area contributed by atoms with Crippen LogP contribution in [0.2, 0.25) is 0 Å². The summed E-state index contributed by atoms with van der Waals surface area (Å²) in [6, 6.07) is 7.00. The third-order valence-corrected chi connectivity index (χ3v) is 10.6. The topological polar surface area (TPSA) is 108 Å². The molecule has 1 saturated heterocycles. The van der Waals surface area contributed by atoms with E-state index in [0.29, 0.717) is 36.2 Å². The van der Waals surface area contributed by atoms with Gasteiger partial charge in [0.25, 0.3) is 5.91 Å². The van der Waals surface area contributed by atoms with E-state index in [4.69, 9.17) is 4.74 Å². The zero-order chi connectivity index (χ0) is 30.9. The first-order valence-electron chi connectivity index (χ1n) is 13.8. The third-order valence-electron chi connectivity index (χ3n) is 7.66. The number of rotatable bonds is 8. The molecule has 0 unspecified atom stereocenters. The van der Waals surface area contributed by atoms with Crippen LogP contribution in [-0.2, 0) is 27.2 Å². The van der Waals surface area contributed by atoms with Crippen molar-refractivity contribution < 1.29 is 31.1 Å². The quantitative estimate of drug-likeness (QED) is 0.389. The van der Waals surface area contributed by atoms with E-state index in [-0.39, 0.29) is 32.9 Å². The summed E-state index contributed by atoms with van der Waals surface area (Å²) in [6.07, 6.45) is -3.47. The summed E-state index contributed by atoms with van der Waals surface area (Å²) in [5.41, 5.74) is 1.03. The maximum atomic E-state index is 14.1. The van der Waals surface area contributed by atoms with Crippen LogP contribution in [0.15, 0.2) is 35.4 Å². The SMILES string of the molecule is CCc1cc(N2CCN(CCOC)CC2)ccc1Nc1ncc(C(F)(F)F)c(-c2cc3c(s2)C(=O)N(C)CCS3(=O)=O)n1. The summed E-state index contributed by atoms with van der Waals surface area (Å²) in [4.78, 5) is 26.4. The molecule has 5 rings (SSSR count). The number of benzene rings is 1.